The molecule has 1 aromatic carbocycles. The zero-order chi connectivity index (χ0) is 18.9. The summed E-state index contributed by atoms with van der Waals surface area (Å²) in [4.78, 5) is 26.7. The van der Waals surface area contributed by atoms with E-state index in [0.29, 0.717) is 38.5 Å². The van der Waals surface area contributed by atoms with Crippen molar-refractivity contribution in [3.8, 4) is 5.75 Å². The van der Waals surface area contributed by atoms with Crippen LogP contribution in [0.15, 0.2) is 24.3 Å². The van der Waals surface area contributed by atoms with Gasteiger partial charge in [0.15, 0.2) is 0 Å². The van der Waals surface area contributed by atoms with Gasteiger partial charge in [0.1, 0.15) is 18.2 Å². The number of urea groups is 1. The van der Waals surface area contributed by atoms with Crippen LogP contribution in [0.4, 0.5) is 9.18 Å². The maximum Gasteiger partial charge on any atom is 0.317 e. The maximum atomic E-state index is 12.9. The summed E-state index contributed by atoms with van der Waals surface area (Å²) in [7, 11) is 0. The second-order valence-corrected chi connectivity index (χ2v) is 6.22. The molecule has 1 aliphatic heterocycles. The van der Waals surface area contributed by atoms with Gasteiger partial charge in [-0.3, -0.25) is 9.69 Å². The van der Waals surface area contributed by atoms with Crippen LogP contribution in [0.3, 0.4) is 0 Å². The Kier molecular flexibility index (Phi) is 9.88. The number of halogens is 2. The summed E-state index contributed by atoms with van der Waals surface area (Å²) >= 11 is 0. The third-order valence-corrected chi connectivity index (χ3v) is 4.40. The first-order valence-electron chi connectivity index (χ1n) is 8.86. The first-order valence-corrected chi connectivity index (χ1v) is 8.86. The molecule has 0 aliphatic carbocycles. The molecule has 0 saturated carbocycles. The minimum atomic E-state index is -0.891. The van der Waals surface area contributed by atoms with E-state index in [9.17, 15) is 19.1 Å². The molecule has 0 unspecified atom stereocenters. The Morgan fingerprint density at radius 1 is 1.30 bits per heavy atom. The van der Waals surface area contributed by atoms with Gasteiger partial charge in [-0.25, -0.2) is 9.18 Å². The van der Waals surface area contributed by atoms with Crippen LogP contribution < -0.4 is 10.1 Å². The Labute approximate surface area is 164 Å². The third kappa shape index (κ3) is 7.60. The molecule has 0 bridgehead atoms. The number of carboxylic acids is 1. The summed E-state index contributed by atoms with van der Waals surface area (Å²) in [5, 5.41) is 12.0. The average molecular weight is 404 g/mol. The Hall–Kier alpha value is -2.06. The zero-order valence-corrected chi connectivity index (χ0v) is 16.2. The average Bonchev–Trinajstić information content (AvgIpc) is 2.62. The number of ether oxygens (including phenoxy) is 1. The lowest BCUT2D eigenvalue weighted by molar-refractivity contribution is -0.139. The SMILES string of the molecule is CCNC(=O)N1CCC(N(CCOc2ccc(F)cc2)CC(=O)O)CC1.Cl. The lowest BCUT2D eigenvalue weighted by Crippen LogP contribution is -2.51. The number of hydrogen-bond donors (Lipinski definition) is 2. The van der Waals surface area contributed by atoms with E-state index in [4.69, 9.17) is 4.74 Å². The highest BCUT2D eigenvalue weighted by Gasteiger charge is 2.27. The Balaban J connectivity index is 0.00000364. The smallest absolute Gasteiger partial charge is 0.317 e. The number of carboxylic acid groups (broad SMARTS) is 1. The second kappa shape index (κ2) is 11.6. The van der Waals surface area contributed by atoms with Crippen molar-refractivity contribution in [3.63, 3.8) is 0 Å². The van der Waals surface area contributed by atoms with Crippen molar-refractivity contribution >= 4 is 24.4 Å². The molecule has 7 nitrogen and oxygen atoms in total. The highest BCUT2D eigenvalue weighted by Crippen LogP contribution is 2.17. The number of aliphatic carboxylic acids is 1. The Bertz CT molecular complexity index is 595. The fourth-order valence-corrected chi connectivity index (χ4v) is 3.07. The molecule has 1 saturated heterocycles. The van der Waals surface area contributed by atoms with Crippen molar-refractivity contribution in [3.05, 3.63) is 30.1 Å². The molecule has 2 rings (SSSR count). The topological polar surface area (TPSA) is 82.1 Å². The van der Waals surface area contributed by atoms with Crippen LogP contribution in [0.1, 0.15) is 19.8 Å². The van der Waals surface area contributed by atoms with Gasteiger partial charge in [0.05, 0.1) is 6.54 Å². The standard InChI is InChI=1S/C18H26FN3O4.ClH/c1-2-20-18(25)21-9-7-15(8-10-21)22(13-17(23)24)11-12-26-16-5-3-14(19)4-6-16;/h3-6,15H,2,7-13H2,1H3,(H,20,25)(H,23,24);1H. The van der Waals surface area contributed by atoms with E-state index in [0.717, 1.165) is 12.8 Å². The predicted octanol–water partition coefficient (Wildman–Crippen LogP) is 2.21. The van der Waals surface area contributed by atoms with Crippen LogP contribution in [-0.2, 0) is 4.79 Å². The molecule has 2 amide bonds. The van der Waals surface area contributed by atoms with Gasteiger partial charge in [-0.2, -0.15) is 0 Å². The summed E-state index contributed by atoms with van der Waals surface area (Å²) < 4.78 is 18.5. The second-order valence-electron chi connectivity index (χ2n) is 6.22. The Morgan fingerprint density at radius 3 is 2.48 bits per heavy atom. The molecular weight excluding hydrogens is 377 g/mol. The normalized spacial score (nSPS) is 14.6. The molecule has 0 spiro atoms. The van der Waals surface area contributed by atoms with E-state index in [-0.39, 0.29) is 36.8 Å². The fourth-order valence-electron chi connectivity index (χ4n) is 3.07. The predicted molar refractivity (Wildman–Crippen MR) is 102 cm³/mol. The first-order chi connectivity index (χ1) is 12.5. The molecule has 27 heavy (non-hydrogen) atoms. The van der Waals surface area contributed by atoms with Crippen molar-refractivity contribution < 1.29 is 23.8 Å². The van der Waals surface area contributed by atoms with Gasteiger partial charge in [-0.1, -0.05) is 0 Å². The van der Waals surface area contributed by atoms with Gasteiger partial charge in [-0.05, 0) is 44.0 Å². The van der Waals surface area contributed by atoms with Gasteiger partial charge in [0.25, 0.3) is 0 Å². The highest BCUT2D eigenvalue weighted by atomic mass is 35.5. The summed E-state index contributed by atoms with van der Waals surface area (Å²) in [6.07, 6.45) is 1.45. The van der Waals surface area contributed by atoms with Gasteiger partial charge in [0, 0.05) is 32.2 Å². The quantitative estimate of drug-likeness (QED) is 0.695. The lowest BCUT2D eigenvalue weighted by atomic mass is 10.0. The number of nitrogens with zero attached hydrogens (tertiary/aromatic N) is 2. The van der Waals surface area contributed by atoms with Gasteiger partial charge >= 0.3 is 12.0 Å². The number of rotatable bonds is 8. The van der Waals surface area contributed by atoms with Crippen LogP contribution in [0, 0.1) is 5.82 Å². The third-order valence-electron chi connectivity index (χ3n) is 4.40. The first kappa shape index (κ1) is 23.0. The maximum absolute atomic E-state index is 12.9. The minimum absolute atomic E-state index is 0. The number of carbonyl (C=O) groups excluding carboxylic acids is 1. The molecule has 0 radical (unpaired) electrons. The molecule has 1 heterocycles. The van der Waals surface area contributed by atoms with Crippen molar-refractivity contribution in [1.82, 2.24) is 15.1 Å². The molecule has 2 N–H and O–H groups in total. The van der Waals surface area contributed by atoms with E-state index in [1.165, 1.54) is 12.1 Å². The van der Waals surface area contributed by atoms with Crippen molar-refractivity contribution in [1.29, 1.82) is 0 Å². The molecule has 1 fully saturated rings. The van der Waals surface area contributed by atoms with E-state index in [1.54, 1.807) is 17.0 Å². The number of piperidine rings is 1. The van der Waals surface area contributed by atoms with Crippen LogP contribution in [0.25, 0.3) is 0 Å². The minimum Gasteiger partial charge on any atom is -0.492 e. The van der Waals surface area contributed by atoms with E-state index in [1.807, 2.05) is 11.8 Å². The van der Waals surface area contributed by atoms with Crippen molar-refractivity contribution in [2.45, 2.75) is 25.8 Å². The summed E-state index contributed by atoms with van der Waals surface area (Å²) in [5.41, 5.74) is 0. The van der Waals surface area contributed by atoms with Crippen LogP contribution in [-0.4, -0.2) is 72.3 Å². The molecule has 0 atom stereocenters. The summed E-state index contributed by atoms with van der Waals surface area (Å²) in [5.74, 6) is -0.672. The molecule has 152 valence electrons. The van der Waals surface area contributed by atoms with Crippen LogP contribution in [0.5, 0.6) is 5.75 Å². The van der Waals surface area contributed by atoms with E-state index in [2.05, 4.69) is 5.32 Å². The van der Waals surface area contributed by atoms with E-state index >= 15 is 0 Å². The molecule has 0 aromatic heterocycles. The number of hydrogen-bond acceptors (Lipinski definition) is 4. The van der Waals surface area contributed by atoms with Gasteiger partial charge in [0.2, 0.25) is 0 Å². The zero-order valence-electron chi connectivity index (χ0n) is 15.4. The summed E-state index contributed by atoms with van der Waals surface area (Å²) in [6.45, 7) is 4.37. The largest absolute Gasteiger partial charge is 0.492 e. The number of likely N-dealkylation sites (tertiary alicyclic amines) is 1. The number of carbonyl (C=O) groups is 2. The molecule has 9 heteroatoms. The van der Waals surface area contributed by atoms with Crippen LogP contribution >= 0.6 is 12.4 Å². The van der Waals surface area contributed by atoms with Gasteiger partial charge in [-0.15, -0.1) is 12.4 Å². The fraction of sp³-hybridized carbons (Fsp3) is 0.556. The lowest BCUT2D eigenvalue weighted by Gasteiger charge is -2.37. The molecule has 1 aliphatic rings. The van der Waals surface area contributed by atoms with Gasteiger partial charge < -0.3 is 20.1 Å². The highest BCUT2D eigenvalue weighted by molar-refractivity contribution is 5.85. The van der Waals surface area contributed by atoms with Crippen molar-refractivity contribution in [2.75, 3.05) is 39.3 Å². The Morgan fingerprint density at radius 2 is 1.93 bits per heavy atom. The molecule has 1 aromatic rings. The number of amides is 2. The van der Waals surface area contributed by atoms with Crippen LogP contribution in [0.2, 0.25) is 0 Å². The number of benzene rings is 1. The number of nitrogens with one attached hydrogen (secondary N) is 1. The monoisotopic (exact) mass is 403 g/mol. The van der Waals surface area contributed by atoms with Crippen molar-refractivity contribution in [2.24, 2.45) is 0 Å². The molecular formula is C18H27ClFN3O4. The summed E-state index contributed by atoms with van der Waals surface area (Å²) in [6, 6.07) is 5.75. The van der Waals surface area contributed by atoms with E-state index < -0.39 is 5.97 Å².